The molecule has 0 aliphatic carbocycles. The lowest BCUT2D eigenvalue weighted by molar-refractivity contribution is -0.384. The van der Waals surface area contributed by atoms with E-state index in [9.17, 15) is 10.1 Å². The smallest absolute Gasteiger partial charge is 0.269 e. The van der Waals surface area contributed by atoms with Crippen molar-refractivity contribution in [3.63, 3.8) is 0 Å². The highest BCUT2D eigenvalue weighted by atomic mass is 16.6. The molecule has 0 radical (unpaired) electrons. The molecule has 0 aromatic heterocycles. The SMILES string of the molecule is O=[N+]([O-])c1ccc(C=C2C=CNC=C2)cc1. The summed E-state index contributed by atoms with van der Waals surface area (Å²) in [6.07, 6.45) is 9.48. The summed E-state index contributed by atoms with van der Waals surface area (Å²) in [6.45, 7) is 0. The maximum absolute atomic E-state index is 10.5. The molecule has 0 saturated carbocycles. The van der Waals surface area contributed by atoms with Crippen molar-refractivity contribution < 1.29 is 4.92 Å². The Kier molecular flexibility index (Phi) is 2.82. The van der Waals surface area contributed by atoms with Crippen molar-refractivity contribution in [3.05, 3.63) is 70.1 Å². The van der Waals surface area contributed by atoms with Crippen LogP contribution in [0.1, 0.15) is 5.56 Å². The Balaban J connectivity index is 2.22. The quantitative estimate of drug-likeness (QED) is 0.608. The van der Waals surface area contributed by atoms with E-state index in [1.165, 1.54) is 12.1 Å². The first-order valence-corrected chi connectivity index (χ1v) is 4.81. The Bertz CT molecular complexity index is 470. The summed E-state index contributed by atoms with van der Waals surface area (Å²) < 4.78 is 0. The minimum Gasteiger partial charge on any atom is -0.368 e. The maximum atomic E-state index is 10.5. The van der Waals surface area contributed by atoms with Crippen molar-refractivity contribution in [2.45, 2.75) is 0 Å². The molecular formula is C12H10N2O2. The van der Waals surface area contributed by atoms with E-state index < -0.39 is 4.92 Å². The third kappa shape index (κ3) is 2.36. The van der Waals surface area contributed by atoms with E-state index >= 15 is 0 Å². The number of dihydropyridines is 1. The fourth-order valence-corrected chi connectivity index (χ4v) is 1.38. The van der Waals surface area contributed by atoms with Crippen LogP contribution in [0.3, 0.4) is 0 Å². The molecule has 1 aliphatic heterocycles. The van der Waals surface area contributed by atoms with Gasteiger partial charge in [0, 0.05) is 24.5 Å². The number of benzene rings is 1. The van der Waals surface area contributed by atoms with Gasteiger partial charge in [0.05, 0.1) is 4.92 Å². The van der Waals surface area contributed by atoms with Crippen LogP contribution in [0.25, 0.3) is 6.08 Å². The van der Waals surface area contributed by atoms with Crippen LogP contribution in [0.5, 0.6) is 0 Å². The van der Waals surface area contributed by atoms with Crippen LogP contribution in [0.2, 0.25) is 0 Å². The second-order valence-electron chi connectivity index (χ2n) is 3.33. The van der Waals surface area contributed by atoms with Gasteiger partial charge in [-0.15, -0.1) is 0 Å². The van der Waals surface area contributed by atoms with Crippen LogP contribution in [0.15, 0.2) is 54.4 Å². The van der Waals surface area contributed by atoms with Crippen molar-refractivity contribution in [2.24, 2.45) is 0 Å². The molecule has 0 fully saturated rings. The molecule has 4 nitrogen and oxygen atoms in total. The second-order valence-corrected chi connectivity index (χ2v) is 3.33. The summed E-state index contributed by atoms with van der Waals surface area (Å²) in [5.41, 5.74) is 2.10. The molecule has 0 bridgehead atoms. The Morgan fingerprint density at radius 3 is 2.31 bits per heavy atom. The first-order valence-electron chi connectivity index (χ1n) is 4.81. The van der Waals surface area contributed by atoms with Crippen LogP contribution in [-0.4, -0.2) is 4.92 Å². The topological polar surface area (TPSA) is 55.2 Å². The molecule has 1 N–H and O–H groups in total. The number of nitro benzene ring substituents is 1. The van der Waals surface area contributed by atoms with Crippen LogP contribution < -0.4 is 5.32 Å². The third-order valence-electron chi connectivity index (χ3n) is 2.18. The fourth-order valence-electron chi connectivity index (χ4n) is 1.38. The number of nitrogens with one attached hydrogen (secondary N) is 1. The zero-order valence-electron chi connectivity index (χ0n) is 8.46. The average molecular weight is 214 g/mol. The fraction of sp³-hybridized carbons (Fsp3) is 0. The van der Waals surface area contributed by atoms with Gasteiger partial charge in [0.1, 0.15) is 0 Å². The van der Waals surface area contributed by atoms with Gasteiger partial charge < -0.3 is 5.32 Å². The lowest BCUT2D eigenvalue weighted by Crippen LogP contribution is -1.96. The molecular weight excluding hydrogens is 204 g/mol. The van der Waals surface area contributed by atoms with E-state index in [1.54, 1.807) is 12.1 Å². The molecule has 1 aromatic rings. The van der Waals surface area contributed by atoms with Crippen LogP contribution in [0, 0.1) is 10.1 Å². The molecule has 0 atom stereocenters. The minimum atomic E-state index is -0.402. The summed E-state index contributed by atoms with van der Waals surface area (Å²) in [5.74, 6) is 0. The number of rotatable bonds is 2. The highest BCUT2D eigenvalue weighted by molar-refractivity contribution is 5.61. The van der Waals surface area contributed by atoms with E-state index in [4.69, 9.17) is 0 Å². The average Bonchev–Trinajstić information content (AvgIpc) is 2.31. The highest BCUT2D eigenvalue weighted by Gasteiger charge is 2.02. The number of nitrogens with zero attached hydrogens (tertiary/aromatic N) is 1. The molecule has 0 amide bonds. The van der Waals surface area contributed by atoms with E-state index in [-0.39, 0.29) is 5.69 Å². The highest BCUT2D eigenvalue weighted by Crippen LogP contribution is 2.15. The first-order chi connectivity index (χ1) is 7.75. The van der Waals surface area contributed by atoms with Crippen molar-refractivity contribution in [1.82, 2.24) is 5.32 Å². The molecule has 1 aromatic carbocycles. The van der Waals surface area contributed by atoms with E-state index in [2.05, 4.69) is 5.32 Å². The van der Waals surface area contributed by atoms with Crippen molar-refractivity contribution in [3.8, 4) is 0 Å². The van der Waals surface area contributed by atoms with Crippen molar-refractivity contribution >= 4 is 11.8 Å². The summed E-state index contributed by atoms with van der Waals surface area (Å²) in [6, 6.07) is 6.46. The number of hydrogen-bond acceptors (Lipinski definition) is 3. The van der Waals surface area contributed by atoms with Crippen molar-refractivity contribution in [1.29, 1.82) is 0 Å². The number of nitro groups is 1. The summed E-state index contributed by atoms with van der Waals surface area (Å²) in [5, 5.41) is 13.4. The van der Waals surface area contributed by atoms with E-state index in [0.29, 0.717) is 0 Å². The molecule has 4 heteroatoms. The molecule has 0 saturated heterocycles. The van der Waals surface area contributed by atoms with Crippen LogP contribution >= 0.6 is 0 Å². The third-order valence-corrected chi connectivity index (χ3v) is 2.18. The van der Waals surface area contributed by atoms with Gasteiger partial charge in [-0.05, 0) is 41.5 Å². The predicted octanol–water partition coefficient (Wildman–Crippen LogP) is 2.61. The lowest BCUT2D eigenvalue weighted by Gasteiger charge is -2.01. The number of hydrogen-bond donors (Lipinski definition) is 1. The maximum Gasteiger partial charge on any atom is 0.269 e. The predicted molar refractivity (Wildman–Crippen MR) is 62.5 cm³/mol. The summed E-state index contributed by atoms with van der Waals surface area (Å²) in [4.78, 5) is 10.1. The lowest BCUT2D eigenvalue weighted by atomic mass is 10.1. The van der Waals surface area contributed by atoms with Gasteiger partial charge in [-0.2, -0.15) is 0 Å². The molecule has 0 spiro atoms. The van der Waals surface area contributed by atoms with Gasteiger partial charge in [-0.25, -0.2) is 0 Å². The minimum absolute atomic E-state index is 0.110. The van der Waals surface area contributed by atoms with Crippen molar-refractivity contribution in [2.75, 3.05) is 0 Å². The Hall–Kier alpha value is -2.36. The largest absolute Gasteiger partial charge is 0.368 e. The van der Waals surface area contributed by atoms with Gasteiger partial charge in [0.15, 0.2) is 0 Å². The molecule has 80 valence electrons. The number of allylic oxidation sites excluding steroid dienone is 3. The Morgan fingerprint density at radius 1 is 1.12 bits per heavy atom. The zero-order chi connectivity index (χ0) is 11.4. The Labute approximate surface area is 92.7 Å². The molecule has 16 heavy (non-hydrogen) atoms. The van der Waals surface area contributed by atoms with Gasteiger partial charge in [0.25, 0.3) is 5.69 Å². The number of non-ortho nitro benzene ring substituents is 1. The standard InChI is InChI=1S/C12H10N2O2/c15-14(16)12-3-1-10(2-4-12)9-11-5-7-13-8-6-11/h1-9,13H. The summed E-state index contributed by atoms with van der Waals surface area (Å²) >= 11 is 0. The summed E-state index contributed by atoms with van der Waals surface area (Å²) in [7, 11) is 0. The van der Waals surface area contributed by atoms with Gasteiger partial charge in [-0.3, -0.25) is 10.1 Å². The molecule has 1 heterocycles. The van der Waals surface area contributed by atoms with Crippen LogP contribution in [-0.2, 0) is 0 Å². The second kappa shape index (κ2) is 4.44. The molecule has 1 aliphatic rings. The normalized spacial score (nSPS) is 13.4. The molecule has 2 rings (SSSR count). The van der Waals surface area contributed by atoms with Crippen LogP contribution in [0.4, 0.5) is 5.69 Å². The Morgan fingerprint density at radius 2 is 1.75 bits per heavy atom. The van der Waals surface area contributed by atoms with E-state index in [0.717, 1.165) is 11.1 Å². The zero-order valence-corrected chi connectivity index (χ0v) is 8.46. The monoisotopic (exact) mass is 214 g/mol. The van der Waals surface area contributed by atoms with Gasteiger partial charge >= 0.3 is 0 Å². The van der Waals surface area contributed by atoms with E-state index in [1.807, 2.05) is 30.6 Å². The van der Waals surface area contributed by atoms with Gasteiger partial charge in [-0.1, -0.05) is 0 Å². The van der Waals surface area contributed by atoms with Gasteiger partial charge in [0.2, 0.25) is 0 Å². The molecule has 0 unspecified atom stereocenters. The first kappa shape index (κ1) is 10.2.